The Hall–Kier alpha value is -3.21. The fourth-order valence-corrected chi connectivity index (χ4v) is 2.68. The summed E-state index contributed by atoms with van der Waals surface area (Å²) in [6.07, 6.45) is 1.48. The molecule has 4 rings (SSSR count). The minimum absolute atomic E-state index is 0.221. The van der Waals surface area contributed by atoms with Gasteiger partial charge >= 0.3 is 0 Å². The lowest BCUT2D eigenvalue weighted by Crippen LogP contribution is -2.28. The van der Waals surface area contributed by atoms with Crippen LogP contribution in [0.25, 0.3) is 10.9 Å². The molecule has 0 radical (unpaired) electrons. The summed E-state index contributed by atoms with van der Waals surface area (Å²) < 4.78 is 0. The van der Waals surface area contributed by atoms with E-state index < -0.39 is 6.10 Å². The highest BCUT2D eigenvalue weighted by atomic mass is 16.6. The Balaban J connectivity index is 1.45. The number of fused-ring (bicyclic) bond motifs is 1. The van der Waals surface area contributed by atoms with Crippen molar-refractivity contribution in [2.24, 2.45) is 5.16 Å². The van der Waals surface area contributed by atoms with Crippen LogP contribution in [-0.4, -0.2) is 22.7 Å². The molecular formula is C19H15N3O2. The Labute approximate surface area is 139 Å². The summed E-state index contributed by atoms with van der Waals surface area (Å²) in [5.74, 6) is -0.221. The Morgan fingerprint density at radius 1 is 1.08 bits per heavy atom. The van der Waals surface area contributed by atoms with Crippen LogP contribution in [0.1, 0.15) is 12.0 Å². The molecule has 1 N–H and O–H groups in total. The second-order valence-electron chi connectivity index (χ2n) is 5.61. The van der Waals surface area contributed by atoms with Gasteiger partial charge in [0, 0.05) is 11.8 Å². The molecule has 24 heavy (non-hydrogen) atoms. The molecule has 1 aliphatic heterocycles. The van der Waals surface area contributed by atoms with Crippen LogP contribution in [0.15, 0.2) is 72.0 Å². The third-order valence-corrected chi connectivity index (χ3v) is 3.93. The second kappa shape index (κ2) is 6.12. The van der Waals surface area contributed by atoms with E-state index in [-0.39, 0.29) is 5.91 Å². The van der Waals surface area contributed by atoms with E-state index in [1.165, 1.54) is 0 Å². The summed E-state index contributed by atoms with van der Waals surface area (Å²) in [6.45, 7) is 0. The quantitative estimate of drug-likeness (QED) is 0.805. The SMILES string of the molecule is O=C(Nc1cnc2ccccc2c1)C1CC(c2ccccc2)=NO1. The van der Waals surface area contributed by atoms with Gasteiger partial charge in [0.05, 0.1) is 23.1 Å². The fourth-order valence-electron chi connectivity index (χ4n) is 2.68. The Bertz CT molecular complexity index is 922. The van der Waals surface area contributed by atoms with E-state index in [4.69, 9.17) is 4.84 Å². The van der Waals surface area contributed by atoms with Crippen molar-refractivity contribution in [2.75, 3.05) is 5.32 Å². The summed E-state index contributed by atoms with van der Waals surface area (Å²) in [4.78, 5) is 22.0. The van der Waals surface area contributed by atoms with Crippen LogP contribution in [0.4, 0.5) is 5.69 Å². The summed E-state index contributed by atoms with van der Waals surface area (Å²) in [6, 6.07) is 19.4. The summed E-state index contributed by atoms with van der Waals surface area (Å²) in [7, 11) is 0. The number of hydrogen-bond acceptors (Lipinski definition) is 4. The average Bonchev–Trinajstić information content (AvgIpc) is 3.13. The molecule has 5 nitrogen and oxygen atoms in total. The number of nitrogens with zero attached hydrogens (tertiary/aromatic N) is 2. The Morgan fingerprint density at radius 3 is 2.75 bits per heavy atom. The molecule has 0 spiro atoms. The normalized spacial score (nSPS) is 16.5. The number of oxime groups is 1. The number of hydrogen-bond donors (Lipinski definition) is 1. The number of carbonyl (C=O) groups is 1. The number of aromatic nitrogens is 1. The van der Waals surface area contributed by atoms with Gasteiger partial charge in [0.2, 0.25) is 6.10 Å². The van der Waals surface area contributed by atoms with E-state index in [2.05, 4.69) is 15.5 Å². The van der Waals surface area contributed by atoms with Crippen LogP contribution in [0.5, 0.6) is 0 Å². The summed E-state index contributed by atoms with van der Waals surface area (Å²) >= 11 is 0. The van der Waals surface area contributed by atoms with Gasteiger partial charge < -0.3 is 10.2 Å². The third-order valence-electron chi connectivity index (χ3n) is 3.93. The zero-order valence-corrected chi connectivity index (χ0v) is 12.8. The molecule has 0 saturated heterocycles. The van der Waals surface area contributed by atoms with Crippen molar-refractivity contribution < 1.29 is 9.63 Å². The van der Waals surface area contributed by atoms with Gasteiger partial charge in [0.15, 0.2) is 0 Å². The van der Waals surface area contributed by atoms with Crippen molar-refractivity contribution in [3.8, 4) is 0 Å². The first-order chi connectivity index (χ1) is 11.8. The molecule has 1 unspecified atom stereocenters. The standard InChI is InChI=1S/C19H15N3O2/c23-19(18-11-17(22-24-18)13-6-2-1-3-7-13)21-15-10-14-8-4-5-9-16(14)20-12-15/h1-10,12,18H,11H2,(H,21,23). The number of pyridine rings is 1. The van der Waals surface area contributed by atoms with E-state index in [0.29, 0.717) is 12.1 Å². The van der Waals surface area contributed by atoms with Crippen LogP contribution >= 0.6 is 0 Å². The van der Waals surface area contributed by atoms with Crippen molar-refractivity contribution in [3.05, 3.63) is 72.4 Å². The molecule has 118 valence electrons. The predicted octanol–water partition coefficient (Wildman–Crippen LogP) is 3.37. The van der Waals surface area contributed by atoms with Gasteiger partial charge in [-0.05, 0) is 17.7 Å². The lowest BCUT2D eigenvalue weighted by atomic mass is 10.0. The van der Waals surface area contributed by atoms with Gasteiger partial charge in [0.1, 0.15) is 0 Å². The summed E-state index contributed by atoms with van der Waals surface area (Å²) in [5.41, 5.74) is 3.30. The molecule has 0 aliphatic carbocycles. The summed E-state index contributed by atoms with van der Waals surface area (Å²) in [5, 5.41) is 7.86. The lowest BCUT2D eigenvalue weighted by Gasteiger charge is -2.09. The maximum atomic E-state index is 12.4. The molecule has 0 saturated carbocycles. The molecule has 1 atom stereocenters. The maximum absolute atomic E-state index is 12.4. The number of anilines is 1. The molecule has 2 heterocycles. The van der Waals surface area contributed by atoms with Gasteiger partial charge in [0.25, 0.3) is 5.91 Å². The predicted molar refractivity (Wildman–Crippen MR) is 92.8 cm³/mol. The van der Waals surface area contributed by atoms with Crippen molar-refractivity contribution in [1.29, 1.82) is 0 Å². The zero-order valence-electron chi connectivity index (χ0n) is 12.8. The highest BCUT2D eigenvalue weighted by Crippen LogP contribution is 2.20. The monoisotopic (exact) mass is 317 g/mol. The van der Waals surface area contributed by atoms with Gasteiger partial charge in [-0.15, -0.1) is 0 Å². The molecule has 1 aliphatic rings. The molecule has 1 amide bonds. The largest absolute Gasteiger partial charge is 0.382 e. The first kappa shape index (κ1) is 14.4. The minimum atomic E-state index is -0.619. The number of carbonyl (C=O) groups excluding carboxylic acids is 1. The number of benzene rings is 2. The first-order valence-electron chi connectivity index (χ1n) is 7.73. The number of para-hydroxylation sites is 1. The molecule has 5 heteroatoms. The van der Waals surface area contributed by atoms with E-state index in [1.807, 2.05) is 60.7 Å². The third kappa shape index (κ3) is 2.84. The molecule has 1 aromatic heterocycles. The maximum Gasteiger partial charge on any atom is 0.268 e. The first-order valence-corrected chi connectivity index (χ1v) is 7.73. The highest BCUT2D eigenvalue weighted by molar-refractivity contribution is 6.06. The van der Waals surface area contributed by atoms with Crippen LogP contribution in [-0.2, 0) is 9.63 Å². The molecule has 0 bridgehead atoms. The zero-order chi connectivity index (χ0) is 16.4. The van der Waals surface area contributed by atoms with Crippen molar-refractivity contribution in [2.45, 2.75) is 12.5 Å². The van der Waals surface area contributed by atoms with Crippen LogP contribution in [0.2, 0.25) is 0 Å². The van der Waals surface area contributed by atoms with Crippen LogP contribution < -0.4 is 5.32 Å². The van der Waals surface area contributed by atoms with Gasteiger partial charge in [-0.1, -0.05) is 53.7 Å². The topological polar surface area (TPSA) is 63.6 Å². The molecule has 3 aromatic rings. The van der Waals surface area contributed by atoms with Gasteiger partial charge in [-0.25, -0.2) is 0 Å². The lowest BCUT2D eigenvalue weighted by molar-refractivity contribution is -0.125. The van der Waals surface area contributed by atoms with Gasteiger partial charge in [-0.2, -0.15) is 0 Å². The van der Waals surface area contributed by atoms with E-state index in [0.717, 1.165) is 22.2 Å². The average molecular weight is 317 g/mol. The van der Waals surface area contributed by atoms with Crippen LogP contribution in [0, 0.1) is 0 Å². The van der Waals surface area contributed by atoms with Crippen LogP contribution in [0.3, 0.4) is 0 Å². The molecule has 2 aromatic carbocycles. The smallest absolute Gasteiger partial charge is 0.268 e. The van der Waals surface area contributed by atoms with Crippen molar-refractivity contribution in [1.82, 2.24) is 4.98 Å². The van der Waals surface area contributed by atoms with E-state index in [1.54, 1.807) is 6.20 Å². The van der Waals surface area contributed by atoms with E-state index in [9.17, 15) is 4.79 Å². The Morgan fingerprint density at radius 2 is 1.88 bits per heavy atom. The highest BCUT2D eigenvalue weighted by Gasteiger charge is 2.28. The Kier molecular flexibility index (Phi) is 3.67. The number of nitrogens with one attached hydrogen (secondary N) is 1. The second-order valence-corrected chi connectivity index (χ2v) is 5.61. The van der Waals surface area contributed by atoms with Crippen molar-refractivity contribution >= 4 is 28.2 Å². The van der Waals surface area contributed by atoms with E-state index >= 15 is 0 Å². The van der Waals surface area contributed by atoms with Gasteiger partial charge in [-0.3, -0.25) is 9.78 Å². The minimum Gasteiger partial charge on any atom is -0.382 e. The molecule has 0 fully saturated rings. The number of rotatable bonds is 3. The van der Waals surface area contributed by atoms with Crippen molar-refractivity contribution in [3.63, 3.8) is 0 Å². The number of amides is 1. The molecular weight excluding hydrogens is 302 g/mol. The fraction of sp³-hybridized carbons (Fsp3) is 0.105.